The summed E-state index contributed by atoms with van der Waals surface area (Å²) in [7, 11) is 0. The SMILES string of the molecule is CCC1(C)CN(Cc2nccs2)CCCN1. The van der Waals surface area contributed by atoms with Gasteiger partial charge in [0.25, 0.3) is 0 Å². The topological polar surface area (TPSA) is 28.2 Å². The second-order valence-corrected chi connectivity index (χ2v) is 5.81. The highest BCUT2D eigenvalue weighted by Crippen LogP contribution is 2.17. The van der Waals surface area contributed by atoms with E-state index in [9.17, 15) is 0 Å². The van der Waals surface area contributed by atoms with Gasteiger partial charge in [-0.25, -0.2) is 4.98 Å². The van der Waals surface area contributed by atoms with Crippen molar-refractivity contribution in [2.24, 2.45) is 0 Å². The summed E-state index contributed by atoms with van der Waals surface area (Å²) in [6.07, 6.45) is 4.32. The molecule has 0 bridgehead atoms. The predicted octanol–water partition coefficient (Wildman–Crippen LogP) is 2.11. The number of thiazole rings is 1. The molecule has 1 unspecified atom stereocenters. The third kappa shape index (κ3) is 3.03. The molecule has 0 spiro atoms. The molecule has 1 atom stereocenters. The molecular formula is C12H21N3S. The Morgan fingerprint density at radius 3 is 3.19 bits per heavy atom. The van der Waals surface area contributed by atoms with Gasteiger partial charge in [-0.3, -0.25) is 4.90 Å². The van der Waals surface area contributed by atoms with E-state index in [2.05, 4.69) is 34.4 Å². The third-order valence-corrected chi connectivity index (χ3v) is 4.16. The van der Waals surface area contributed by atoms with Crippen molar-refractivity contribution >= 4 is 11.3 Å². The van der Waals surface area contributed by atoms with Crippen LogP contribution in [0, 0.1) is 0 Å². The monoisotopic (exact) mass is 239 g/mol. The summed E-state index contributed by atoms with van der Waals surface area (Å²) in [4.78, 5) is 6.90. The highest BCUT2D eigenvalue weighted by Gasteiger charge is 2.27. The summed E-state index contributed by atoms with van der Waals surface area (Å²) < 4.78 is 0. The highest BCUT2D eigenvalue weighted by atomic mass is 32.1. The lowest BCUT2D eigenvalue weighted by Crippen LogP contribution is -2.48. The smallest absolute Gasteiger partial charge is 0.107 e. The number of aromatic nitrogens is 1. The number of hydrogen-bond donors (Lipinski definition) is 1. The number of hydrogen-bond acceptors (Lipinski definition) is 4. The molecule has 1 N–H and O–H groups in total. The first-order valence-electron chi connectivity index (χ1n) is 6.07. The van der Waals surface area contributed by atoms with Crippen molar-refractivity contribution in [1.29, 1.82) is 0 Å². The van der Waals surface area contributed by atoms with Crippen LogP contribution >= 0.6 is 11.3 Å². The van der Waals surface area contributed by atoms with Crippen LogP contribution in [-0.4, -0.2) is 35.1 Å². The van der Waals surface area contributed by atoms with Crippen LogP contribution in [0.4, 0.5) is 0 Å². The van der Waals surface area contributed by atoms with Gasteiger partial charge in [0, 0.05) is 23.7 Å². The van der Waals surface area contributed by atoms with Crippen molar-refractivity contribution < 1.29 is 0 Å². The highest BCUT2D eigenvalue weighted by molar-refractivity contribution is 7.09. The molecule has 1 aromatic rings. The molecule has 0 aliphatic carbocycles. The Kier molecular flexibility index (Phi) is 3.95. The van der Waals surface area contributed by atoms with Crippen molar-refractivity contribution in [2.45, 2.75) is 38.8 Å². The molecule has 1 aliphatic rings. The largest absolute Gasteiger partial charge is 0.310 e. The van der Waals surface area contributed by atoms with Gasteiger partial charge in [-0.2, -0.15) is 0 Å². The normalized spacial score (nSPS) is 27.9. The van der Waals surface area contributed by atoms with Gasteiger partial charge in [-0.1, -0.05) is 6.92 Å². The van der Waals surface area contributed by atoms with Crippen molar-refractivity contribution in [3.05, 3.63) is 16.6 Å². The zero-order valence-corrected chi connectivity index (χ0v) is 11.0. The first kappa shape index (κ1) is 12.0. The minimum Gasteiger partial charge on any atom is -0.310 e. The maximum Gasteiger partial charge on any atom is 0.107 e. The molecule has 4 heteroatoms. The summed E-state index contributed by atoms with van der Waals surface area (Å²) in [5, 5.41) is 6.95. The minimum atomic E-state index is 0.272. The second-order valence-electron chi connectivity index (χ2n) is 4.83. The lowest BCUT2D eigenvalue weighted by atomic mass is 9.99. The van der Waals surface area contributed by atoms with Gasteiger partial charge in [0.05, 0.1) is 6.54 Å². The van der Waals surface area contributed by atoms with Gasteiger partial charge in [0.15, 0.2) is 0 Å². The van der Waals surface area contributed by atoms with Crippen LogP contribution < -0.4 is 5.32 Å². The zero-order chi connectivity index (χ0) is 11.4. The fraction of sp³-hybridized carbons (Fsp3) is 0.750. The Balaban J connectivity index is 1.98. The maximum absolute atomic E-state index is 4.37. The zero-order valence-electron chi connectivity index (χ0n) is 10.2. The second kappa shape index (κ2) is 5.25. The fourth-order valence-electron chi connectivity index (χ4n) is 2.22. The Morgan fingerprint density at radius 2 is 2.50 bits per heavy atom. The Labute approximate surface area is 102 Å². The Morgan fingerprint density at radius 1 is 1.62 bits per heavy atom. The molecule has 1 aromatic heterocycles. The maximum atomic E-state index is 4.37. The quantitative estimate of drug-likeness (QED) is 0.875. The summed E-state index contributed by atoms with van der Waals surface area (Å²) in [6, 6.07) is 0. The lowest BCUT2D eigenvalue weighted by molar-refractivity contribution is 0.208. The summed E-state index contributed by atoms with van der Waals surface area (Å²) in [5.41, 5.74) is 0.272. The molecule has 0 aromatic carbocycles. The van der Waals surface area contributed by atoms with Crippen LogP contribution in [0.15, 0.2) is 11.6 Å². The van der Waals surface area contributed by atoms with E-state index in [1.807, 2.05) is 6.20 Å². The summed E-state index contributed by atoms with van der Waals surface area (Å²) in [6.45, 7) is 9.05. The van der Waals surface area contributed by atoms with Gasteiger partial charge in [0.1, 0.15) is 5.01 Å². The molecular weight excluding hydrogens is 218 g/mol. The van der Waals surface area contributed by atoms with Crippen molar-refractivity contribution in [1.82, 2.24) is 15.2 Å². The summed E-state index contributed by atoms with van der Waals surface area (Å²) in [5.74, 6) is 0. The molecule has 1 fully saturated rings. The van der Waals surface area contributed by atoms with Gasteiger partial charge < -0.3 is 5.32 Å². The Bertz CT molecular complexity index is 312. The van der Waals surface area contributed by atoms with E-state index in [1.54, 1.807) is 11.3 Å². The van der Waals surface area contributed by atoms with Crippen molar-refractivity contribution in [3.63, 3.8) is 0 Å². The molecule has 0 radical (unpaired) electrons. The van der Waals surface area contributed by atoms with Gasteiger partial charge in [0.2, 0.25) is 0 Å². The van der Waals surface area contributed by atoms with Crippen LogP contribution in [0.5, 0.6) is 0 Å². The number of rotatable bonds is 3. The molecule has 90 valence electrons. The van der Waals surface area contributed by atoms with E-state index >= 15 is 0 Å². The molecule has 0 saturated carbocycles. The van der Waals surface area contributed by atoms with E-state index in [0.29, 0.717) is 0 Å². The van der Waals surface area contributed by atoms with E-state index in [4.69, 9.17) is 0 Å². The standard InChI is InChI=1S/C12H21N3S/c1-3-12(2)10-15(7-4-5-14-12)9-11-13-6-8-16-11/h6,8,14H,3-5,7,9-10H2,1-2H3. The minimum absolute atomic E-state index is 0.272. The summed E-state index contributed by atoms with van der Waals surface area (Å²) >= 11 is 1.76. The van der Waals surface area contributed by atoms with E-state index in [1.165, 1.54) is 24.4 Å². The molecule has 2 rings (SSSR count). The van der Waals surface area contributed by atoms with Gasteiger partial charge in [-0.05, 0) is 32.9 Å². The lowest BCUT2D eigenvalue weighted by Gasteiger charge is -2.32. The third-order valence-electron chi connectivity index (χ3n) is 3.40. The van der Waals surface area contributed by atoms with Crippen LogP contribution in [0.2, 0.25) is 0 Å². The first-order valence-corrected chi connectivity index (χ1v) is 6.95. The Hall–Kier alpha value is -0.450. The number of nitrogens with one attached hydrogen (secondary N) is 1. The van der Waals surface area contributed by atoms with Gasteiger partial charge >= 0.3 is 0 Å². The van der Waals surface area contributed by atoms with Crippen molar-refractivity contribution in [2.75, 3.05) is 19.6 Å². The molecule has 1 aliphatic heterocycles. The average Bonchev–Trinajstić information content (AvgIpc) is 2.69. The molecule has 3 nitrogen and oxygen atoms in total. The van der Waals surface area contributed by atoms with E-state index in [-0.39, 0.29) is 5.54 Å². The van der Waals surface area contributed by atoms with Crippen LogP contribution in [0.3, 0.4) is 0 Å². The predicted molar refractivity (Wildman–Crippen MR) is 68.7 cm³/mol. The molecule has 0 amide bonds. The van der Waals surface area contributed by atoms with Crippen LogP contribution in [0.25, 0.3) is 0 Å². The fourth-order valence-corrected chi connectivity index (χ4v) is 2.87. The van der Waals surface area contributed by atoms with Crippen LogP contribution in [0.1, 0.15) is 31.7 Å². The van der Waals surface area contributed by atoms with E-state index in [0.717, 1.165) is 19.6 Å². The first-order chi connectivity index (χ1) is 7.72. The average molecular weight is 239 g/mol. The molecule has 1 saturated heterocycles. The van der Waals surface area contributed by atoms with Gasteiger partial charge in [-0.15, -0.1) is 11.3 Å². The van der Waals surface area contributed by atoms with Crippen LogP contribution in [-0.2, 0) is 6.54 Å². The van der Waals surface area contributed by atoms with E-state index < -0.39 is 0 Å². The molecule has 2 heterocycles. The molecule has 16 heavy (non-hydrogen) atoms. The van der Waals surface area contributed by atoms with Crippen molar-refractivity contribution in [3.8, 4) is 0 Å². The number of nitrogens with zero attached hydrogens (tertiary/aromatic N) is 2.